The number of halogens is 2. The number of nitrogens with two attached hydrogens (primary N) is 2. The average molecular weight is 310 g/mol. The molecule has 1 aromatic carbocycles. The van der Waals surface area contributed by atoms with E-state index in [9.17, 15) is 5.11 Å². The summed E-state index contributed by atoms with van der Waals surface area (Å²) >= 11 is 3.29. The van der Waals surface area contributed by atoms with E-state index in [0.29, 0.717) is 6.54 Å². The summed E-state index contributed by atoms with van der Waals surface area (Å²) in [4.78, 5) is 0. The molecule has 1 aromatic rings. The Balaban J connectivity index is 0.00000225. The number of hydrogen-bond acceptors (Lipinski definition) is 3. The van der Waals surface area contributed by atoms with E-state index in [1.165, 1.54) is 0 Å². The quantitative estimate of drug-likeness (QED) is 0.732. The second-order valence-corrected chi connectivity index (χ2v) is 4.51. The molecule has 0 radical (unpaired) electrons. The molecular weight excluding hydrogens is 291 g/mol. The first-order chi connectivity index (χ1) is 7.15. The lowest BCUT2D eigenvalue weighted by Crippen LogP contribution is -2.11. The van der Waals surface area contributed by atoms with Gasteiger partial charge in [0, 0.05) is 16.1 Å². The maximum absolute atomic E-state index is 9.68. The summed E-state index contributed by atoms with van der Waals surface area (Å²) in [5.74, 6) is 0.254. The molecule has 0 amide bonds. The highest BCUT2D eigenvalue weighted by Gasteiger charge is 2.10. The van der Waals surface area contributed by atoms with Crippen molar-refractivity contribution >= 4 is 28.3 Å². The van der Waals surface area contributed by atoms with Gasteiger partial charge in [-0.15, -0.1) is 12.4 Å². The molecule has 1 atom stereocenters. The Morgan fingerprint density at radius 3 is 2.56 bits per heavy atom. The van der Waals surface area contributed by atoms with Crippen LogP contribution in [0.3, 0.4) is 0 Å². The Morgan fingerprint density at radius 2 is 2.00 bits per heavy atom. The van der Waals surface area contributed by atoms with Crippen molar-refractivity contribution in [2.24, 2.45) is 11.5 Å². The SMILES string of the molecule is Cl.NCCCC[C@H](N)c1ccc(Br)cc1O. The van der Waals surface area contributed by atoms with Crippen LogP contribution in [0.2, 0.25) is 0 Å². The Morgan fingerprint density at radius 1 is 1.31 bits per heavy atom. The zero-order chi connectivity index (χ0) is 11.3. The van der Waals surface area contributed by atoms with Crippen molar-refractivity contribution in [3.63, 3.8) is 0 Å². The highest BCUT2D eigenvalue weighted by atomic mass is 79.9. The van der Waals surface area contributed by atoms with Gasteiger partial charge in [-0.05, 0) is 31.5 Å². The highest BCUT2D eigenvalue weighted by molar-refractivity contribution is 9.10. The summed E-state index contributed by atoms with van der Waals surface area (Å²) in [5, 5.41) is 9.68. The van der Waals surface area contributed by atoms with Crippen LogP contribution < -0.4 is 11.5 Å². The smallest absolute Gasteiger partial charge is 0.121 e. The van der Waals surface area contributed by atoms with Crippen LogP contribution in [0, 0.1) is 0 Å². The van der Waals surface area contributed by atoms with Crippen LogP contribution in [0.25, 0.3) is 0 Å². The number of aromatic hydroxyl groups is 1. The van der Waals surface area contributed by atoms with Crippen LogP contribution in [-0.2, 0) is 0 Å². The second-order valence-electron chi connectivity index (χ2n) is 3.59. The van der Waals surface area contributed by atoms with E-state index >= 15 is 0 Å². The van der Waals surface area contributed by atoms with Gasteiger partial charge >= 0.3 is 0 Å². The van der Waals surface area contributed by atoms with Crippen molar-refractivity contribution < 1.29 is 5.11 Å². The molecule has 0 aliphatic rings. The predicted octanol–water partition coefficient (Wildman–Crippen LogP) is 2.71. The molecular formula is C11H18BrClN2O. The van der Waals surface area contributed by atoms with E-state index in [0.717, 1.165) is 29.3 Å². The van der Waals surface area contributed by atoms with E-state index in [2.05, 4.69) is 15.9 Å². The summed E-state index contributed by atoms with van der Waals surface area (Å²) in [7, 11) is 0. The van der Waals surface area contributed by atoms with Gasteiger partial charge in [-0.2, -0.15) is 0 Å². The monoisotopic (exact) mass is 308 g/mol. The molecule has 5 heteroatoms. The fourth-order valence-corrected chi connectivity index (χ4v) is 1.84. The van der Waals surface area contributed by atoms with E-state index in [4.69, 9.17) is 11.5 Å². The van der Waals surface area contributed by atoms with Crippen molar-refractivity contribution in [2.75, 3.05) is 6.54 Å². The highest BCUT2D eigenvalue weighted by Crippen LogP contribution is 2.28. The summed E-state index contributed by atoms with van der Waals surface area (Å²) in [6, 6.07) is 5.30. The lowest BCUT2D eigenvalue weighted by molar-refractivity contribution is 0.456. The Kier molecular flexibility index (Phi) is 7.76. The maximum Gasteiger partial charge on any atom is 0.121 e. The largest absolute Gasteiger partial charge is 0.508 e. The first-order valence-electron chi connectivity index (χ1n) is 5.09. The van der Waals surface area contributed by atoms with Crippen LogP contribution in [0.1, 0.15) is 30.9 Å². The van der Waals surface area contributed by atoms with Crippen LogP contribution in [0.5, 0.6) is 5.75 Å². The molecule has 3 nitrogen and oxygen atoms in total. The van der Waals surface area contributed by atoms with E-state index in [1.54, 1.807) is 6.07 Å². The Bertz CT molecular complexity index is 323. The summed E-state index contributed by atoms with van der Waals surface area (Å²) in [5.41, 5.74) is 12.2. The van der Waals surface area contributed by atoms with Crippen LogP contribution in [0.15, 0.2) is 22.7 Å². The lowest BCUT2D eigenvalue weighted by atomic mass is 10.0. The molecule has 0 saturated heterocycles. The van der Waals surface area contributed by atoms with Gasteiger partial charge in [-0.3, -0.25) is 0 Å². The standard InChI is InChI=1S/C11H17BrN2O.ClH/c12-8-4-5-9(11(15)7-8)10(14)3-1-2-6-13;/h4-5,7,10,15H,1-3,6,13-14H2;1H/t10-;/m0./s1. The normalized spacial score (nSPS) is 11.9. The Labute approximate surface area is 111 Å². The van der Waals surface area contributed by atoms with Crippen molar-refractivity contribution in [3.05, 3.63) is 28.2 Å². The number of unbranched alkanes of at least 4 members (excludes halogenated alkanes) is 1. The first kappa shape index (κ1) is 15.7. The molecule has 0 spiro atoms. The van der Waals surface area contributed by atoms with Crippen molar-refractivity contribution in [1.82, 2.24) is 0 Å². The molecule has 0 aromatic heterocycles. The fraction of sp³-hybridized carbons (Fsp3) is 0.455. The third-order valence-corrected chi connectivity index (χ3v) is 2.85. The first-order valence-corrected chi connectivity index (χ1v) is 5.88. The molecule has 0 aliphatic carbocycles. The molecule has 0 fully saturated rings. The maximum atomic E-state index is 9.68. The van der Waals surface area contributed by atoms with Gasteiger partial charge in [0.15, 0.2) is 0 Å². The number of benzene rings is 1. The number of hydrogen-bond donors (Lipinski definition) is 3. The minimum Gasteiger partial charge on any atom is -0.508 e. The molecule has 0 heterocycles. The average Bonchev–Trinajstić information content (AvgIpc) is 2.17. The zero-order valence-electron chi connectivity index (χ0n) is 9.03. The van der Waals surface area contributed by atoms with Gasteiger partial charge in [0.2, 0.25) is 0 Å². The van der Waals surface area contributed by atoms with Crippen LogP contribution in [0.4, 0.5) is 0 Å². The second kappa shape index (κ2) is 7.90. The Hall–Kier alpha value is -0.290. The molecule has 92 valence electrons. The molecule has 5 N–H and O–H groups in total. The lowest BCUT2D eigenvalue weighted by Gasteiger charge is -2.13. The van der Waals surface area contributed by atoms with Gasteiger partial charge in [0.05, 0.1) is 0 Å². The minimum atomic E-state index is -0.107. The fourth-order valence-electron chi connectivity index (χ4n) is 1.49. The van der Waals surface area contributed by atoms with Crippen molar-refractivity contribution in [1.29, 1.82) is 0 Å². The molecule has 0 bridgehead atoms. The van der Waals surface area contributed by atoms with Gasteiger partial charge in [0.25, 0.3) is 0 Å². The summed E-state index contributed by atoms with van der Waals surface area (Å²) in [6.07, 6.45) is 2.82. The van der Waals surface area contributed by atoms with E-state index in [1.807, 2.05) is 12.1 Å². The van der Waals surface area contributed by atoms with Gasteiger partial charge in [-0.1, -0.05) is 28.4 Å². The molecule has 1 rings (SSSR count). The molecule has 0 saturated carbocycles. The van der Waals surface area contributed by atoms with Crippen molar-refractivity contribution in [3.8, 4) is 5.75 Å². The number of phenols is 1. The van der Waals surface area contributed by atoms with Crippen molar-refractivity contribution in [2.45, 2.75) is 25.3 Å². The summed E-state index contributed by atoms with van der Waals surface area (Å²) < 4.78 is 0.859. The van der Waals surface area contributed by atoms with Gasteiger partial charge < -0.3 is 16.6 Å². The van der Waals surface area contributed by atoms with E-state index < -0.39 is 0 Å². The number of phenolic OH excluding ortho intramolecular Hbond substituents is 1. The minimum absolute atomic E-state index is 0. The van der Waals surface area contributed by atoms with Crippen LogP contribution >= 0.6 is 28.3 Å². The topological polar surface area (TPSA) is 72.3 Å². The number of rotatable bonds is 5. The molecule has 0 aliphatic heterocycles. The third kappa shape index (κ3) is 4.70. The zero-order valence-corrected chi connectivity index (χ0v) is 11.4. The van der Waals surface area contributed by atoms with Gasteiger partial charge in [0.1, 0.15) is 5.75 Å². The van der Waals surface area contributed by atoms with E-state index in [-0.39, 0.29) is 24.2 Å². The summed E-state index contributed by atoms with van der Waals surface area (Å²) in [6.45, 7) is 0.693. The van der Waals surface area contributed by atoms with Gasteiger partial charge in [-0.25, -0.2) is 0 Å². The third-order valence-electron chi connectivity index (χ3n) is 2.36. The molecule has 16 heavy (non-hydrogen) atoms. The molecule has 0 unspecified atom stereocenters. The predicted molar refractivity (Wildman–Crippen MR) is 72.9 cm³/mol. The van der Waals surface area contributed by atoms with Crippen LogP contribution in [-0.4, -0.2) is 11.7 Å².